The van der Waals surface area contributed by atoms with Crippen LogP contribution in [0.4, 0.5) is 17.1 Å². The largest absolute Gasteiger partial charge is 0.456 e. The molecule has 0 spiro atoms. The summed E-state index contributed by atoms with van der Waals surface area (Å²) in [6.45, 7) is 0. The summed E-state index contributed by atoms with van der Waals surface area (Å²) in [4.78, 5) is 2.29. The Morgan fingerprint density at radius 2 is 0.979 bits per heavy atom. The predicted molar refractivity (Wildman–Crippen MR) is 196 cm³/mol. The molecule has 3 heteroatoms. The Labute approximate surface area is 270 Å². The van der Waals surface area contributed by atoms with E-state index < -0.39 is 0 Å². The zero-order valence-electron chi connectivity index (χ0n) is 25.4. The van der Waals surface area contributed by atoms with Gasteiger partial charge in [0, 0.05) is 44.7 Å². The lowest BCUT2D eigenvalue weighted by Crippen LogP contribution is -2.09. The van der Waals surface area contributed by atoms with Crippen molar-refractivity contribution < 1.29 is 8.83 Å². The smallest absolute Gasteiger partial charge is 0.137 e. The molecule has 0 atom stereocenters. The molecule has 10 aromatic rings. The monoisotopic (exact) mass is 601 g/mol. The van der Waals surface area contributed by atoms with Gasteiger partial charge in [-0.15, -0.1) is 0 Å². The fourth-order valence-electron chi connectivity index (χ4n) is 7.14. The van der Waals surface area contributed by atoms with Crippen LogP contribution in [0, 0.1) is 0 Å². The first-order valence-corrected chi connectivity index (χ1v) is 15.9. The number of benzene rings is 8. The molecule has 0 aliphatic carbocycles. The molecule has 3 nitrogen and oxygen atoms in total. The van der Waals surface area contributed by atoms with Crippen LogP contribution in [0.1, 0.15) is 0 Å². The second-order valence-corrected chi connectivity index (χ2v) is 12.2. The summed E-state index contributed by atoms with van der Waals surface area (Å²) in [6.07, 6.45) is 0. The Kier molecular flexibility index (Phi) is 5.57. The molecule has 0 aliphatic heterocycles. The van der Waals surface area contributed by atoms with Crippen molar-refractivity contribution in [2.24, 2.45) is 0 Å². The molecule has 0 fully saturated rings. The summed E-state index contributed by atoms with van der Waals surface area (Å²) in [6, 6.07) is 57.9. The highest BCUT2D eigenvalue weighted by Crippen LogP contribution is 2.41. The highest BCUT2D eigenvalue weighted by molar-refractivity contribution is 6.19. The zero-order chi connectivity index (χ0) is 30.9. The third kappa shape index (κ3) is 4.14. The van der Waals surface area contributed by atoms with Gasteiger partial charge in [0.1, 0.15) is 22.3 Å². The summed E-state index contributed by atoms with van der Waals surface area (Å²) in [7, 11) is 0. The molecule has 0 saturated carbocycles. The topological polar surface area (TPSA) is 29.5 Å². The predicted octanol–water partition coefficient (Wildman–Crippen LogP) is 12.9. The van der Waals surface area contributed by atoms with Crippen molar-refractivity contribution in [3.05, 3.63) is 164 Å². The summed E-state index contributed by atoms with van der Waals surface area (Å²) < 4.78 is 12.6. The number of nitrogens with zero attached hydrogens (tertiary/aromatic N) is 1. The van der Waals surface area contributed by atoms with Crippen LogP contribution < -0.4 is 4.90 Å². The molecule has 0 aliphatic rings. The molecule has 0 saturated heterocycles. The molecule has 0 unspecified atom stereocenters. The van der Waals surface area contributed by atoms with Crippen LogP contribution in [0.15, 0.2) is 173 Å². The first-order valence-electron chi connectivity index (χ1n) is 15.9. The van der Waals surface area contributed by atoms with Crippen LogP contribution in [0.25, 0.3) is 76.5 Å². The van der Waals surface area contributed by atoms with Gasteiger partial charge in [0.2, 0.25) is 0 Å². The van der Waals surface area contributed by atoms with Crippen LogP contribution in [-0.4, -0.2) is 0 Å². The van der Waals surface area contributed by atoms with Crippen molar-refractivity contribution in [1.82, 2.24) is 0 Å². The van der Waals surface area contributed by atoms with Crippen molar-refractivity contribution >= 4 is 82.5 Å². The standard InChI is InChI=1S/C44H27NO2/c1-2-10-33(11-3-1)45(35-21-22-36-39-25-30-8-4-5-9-31(30)26-42(39)47-43(36)27-35)34-19-16-28(17-20-34)32-15-14-29-18-23-41-44(38(29)24-32)37-12-6-7-13-40(37)46-41/h1-27H. The van der Waals surface area contributed by atoms with E-state index in [9.17, 15) is 0 Å². The van der Waals surface area contributed by atoms with E-state index in [0.29, 0.717) is 0 Å². The van der Waals surface area contributed by atoms with Gasteiger partial charge in [-0.05, 0) is 99.4 Å². The highest BCUT2D eigenvalue weighted by Gasteiger charge is 2.17. The van der Waals surface area contributed by atoms with Crippen molar-refractivity contribution in [3.8, 4) is 11.1 Å². The quantitative estimate of drug-likeness (QED) is 0.201. The number of hydrogen-bond donors (Lipinski definition) is 0. The van der Waals surface area contributed by atoms with E-state index in [-0.39, 0.29) is 0 Å². The normalized spacial score (nSPS) is 11.8. The number of hydrogen-bond acceptors (Lipinski definition) is 3. The molecule has 220 valence electrons. The minimum atomic E-state index is 0.875. The van der Waals surface area contributed by atoms with E-state index in [1.165, 1.54) is 32.5 Å². The van der Waals surface area contributed by atoms with Gasteiger partial charge in [0.05, 0.1) is 0 Å². The van der Waals surface area contributed by atoms with Gasteiger partial charge in [-0.3, -0.25) is 0 Å². The van der Waals surface area contributed by atoms with E-state index in [1.807, 2.05) is 12.1 Å². The summed E-state index contributed by atoms with van der Waals surface area (Å²) in [5, 5.41) is 9.37. The first-order chi connectivity index (χ1) is 23.3. The molecule has 0 radical (unpaired) electrons. The van der Waals surface area contributed by atoms with E-state index in [4.69, 9.17) is 8.83 Å². The lowest BCUT2D eigenvalue weighted by atomic mass is 9.98. The summed E-state index contributed by atoms with van der Waals surface area (Å²) in [5.41, 5.74) is 9.14. The van der Waals surface area contributed by atoms with E-state index >= 15 is 0 Å². The third-order valence-electron chi connectivity index (χ3n) is 9.41. The number of rotatable bonds is 4. The minimum Gasteiger partial charge on any atom is -0.456 e. The van der Waals surface area contributed by atoms with Crippen molar-refractivity contribution in [2.45, 2.75) is 0 Å². The Morgan fingerprint density at radius 1 is 0.319 bits per heavy atom. The average molecular weight is 602 g/mol. The zero-order valence-corrected chi connectivity index (χ0v) is 25.4. The van der Waals surface area contributed by atoms with Crippen LogP contribution in [0.3, 0.4) is 0 Å². The maximum Gasteiger partial charge on any atom is 0.137 e. The van der Waals surface area contributed by atoms with E-state index in [1.54, 1.807) is 0 Å². The van der Waals surface area contributed by atoms with Gasteiger partial charge in [-0.25, -0.2) is 0 Å². The minimum absolute atomic E-state index is 0.875. The van der Waals surface area contributed by atoms with Gasteiger partial charge in [0.15, 0.2) is 0 Å². The Balaban J connectivity index is 1.08. The molecule has 2 aromatic heterocycles. The molecular formula is C44H27NO2. The highest BCUT2D eigenvalue weighted by atomic mass is 16.3. The Morgan fingerprint density at radius 3 is 1.85 bits per heavy atom. The maximum absolute atomic E-state index is 6.45. The lowest BCUT2D eigenvalue weighted by Gasteiger charge is -2.25. The van der Waals surface area contributed by atoms with E-state index in [0.717, 1.165) is 61.1 Å². The molecule has 0 N–H and O–H groups in total. The van der Waals surface area contributed by atoms with Gasteiger partial charge in [-0.2, -0.15) is 0 Å². The van der Waals surface area contributed by atoms with Crippen LogP contribution >= 0.6 is 0 Å². The van der Waals surface area contributed by atoms with Gasteiger partial charge in [-0.1, -0.05) is 91.0 Å². The fourth-order valence-corrected chi connectivity index (χ4v) is 7.14. The van der Waals surface area contributed by atoms with Crippen molar-refractivity contribution in [1.29, 1.82) is 0 Å². The second kappa shape index (κ2) is 10.1. The lowest BCUT2D eigenvalue weighted by molar-refractivity contribution is 0.669. The van der Waals surface area contributed by atoms with Gasteiger partial charge < -0.3 is 13.7 Å². The molecule has 2 heterocycles. The van der Waals surface area contributed by atoms with Gasteiger partial charge in [0.25, 0.3) is 0 Å². The first kappa shape index (κ1) is 26.0. The SMILES string of the molecule is c1ccc(N(c2ccc(-c3ccc4ccc5oc6ccccc6c5c4c3)cc2)c2ccc3c(c2)oc2cc4ccccc4cc23)cc1. The fraction of sp³-hybridized carbons (Fsp3) is 0. The Bertz CT molecular complexity index is 2790. The number of para-hydroxylation sites is 2. The maximum atomic E-state index is 6.45. The summed E-state index contributed by atoms with van der Waals surface area (Å²) in [5.74, 6) is 0. The number of furan rings is 2. The van der Waals surface area contributed by atoms with Gasteiger partial charge >= 0.3 is 0 Å². The second-order valence-electron chi connectivity index (χ2n) is 12.2. The number of fused-ring (bicyclic) bond motifs is 9. The molecule has 10 rings (SSSR count). The van der Waals surface area contributed by atoms with Crippen molar-refractivity contribution in [3.63, 3.8) is 0 Å². The van der Waals surface area contributed by atoms with Crippen LogP contribution in [-0.2, 0) is 0 Å². The molecular weight excluding hydrogens is 574 g/mol. The molecule has 8 aromatic carbocycles. The van der Waals surface area contributed by atoms with Crippen LogP contribution in [0.2, 0.25) is 0 Å². The van der Waals surface area contributed by atoms with E-state index in [2.05, 4.69) is 157 Å². The average Bonchev–Trinajstić information content (AvgIpc) is 3.69. The molecule has 0 bridgehead atoms. The molecule has 47 heavy (non-hydrogen) atoms. The number of anilines is 3. The summed E-state index contributed by atoms with van der Waals surface area (Å²) >= 11 is 0. The van der Waals surface area contributed by atoms with Crippen molar-refractivity contribution in [2.75, 3.05) is 4.90 Å². The molecule has 0 amide bonds. The Hall–Kier alpha value is -6.32. The van der Waals surface area contributed by atoms with Crippen LogP contribution in [0.5, 0.6) is 0 Å². The third-order valence-corrected chi connectivity index (χ3v) is 9.41.